The molecular formula is C18H21NO2. The molecule has 0 amide bonds. The van der Waals surface area contributed by atoms with Gasteiger partial charge in [-0.2, -0.15) is 0 Å². The van der Waals surface area contributed by atoms with Crippen LogP contribution in [0.5, 0.6) is 0 Å². The van der Waals surface area contributed by atoms with Crippen LogP contribution in [0.1, 0.15) is 42.4 Å². The van der Waals surface area contributed by atoms with Crippen LogP contribution in [0.15, 0.2) is 48.5 Å². The summed E-state index contributed by atoms with van der Waals surface area (Å²) in [5, 5.41) is 9.47. The van der Waals surface area contributed by atoms with E-state index in [0.29, 0.717) is 18.0 Å². The Morgan fingerprint density at radius 2 is 1.52 bits per heavy atom. The highest BCUT2D eigenvalue weighted by atomic mass is 16.4. The average molecular weight is 283 g/mol. The van der Waals surface area contributed by atoms with Gasteiger partial charge in [-0.3, -0.25) is 4.79 Å². The van der Waals surface area contributed by atoms with Crippen molar-refractivity contribution in [3.05, 3.63) is 65.2 Å². The van der Waals surface area contributed by atoms with Crippen LogP contribution in [0.25, 0.3) is 0 Å². The summed E-state index contributed by atoms with van der Waals surface area (Å²) in [4.78, 5) is 11.5. The Balaban J connectivity index is 2.20. The van der Waals surface area contributed by atoms with E-state index >= 15 is 0 Å². The lowest BCUT2D eigenvalue weighted by Gasteiger charge is -2.14. The van der Waals surface area contributed by atoms with Crippen molar-refractivity contribution in [2.24, 2.45) is 0 Å². The van der Waals surface area contributed by atoms with Gasteiger partial charge in [0, 0.05) is 5.69 Å². The first-order chi connectivity index (χ1) is 9.97. The monoisotopic (exact) mass is 283 g/mol. The molecule has 0 saturated carbocycles. The van der Waals surface area contributed by atoms with Crippen LogP contribution in [-0.4, -0.2) is 11.1 Å². The second kappa shape index (κ2) is 6.44. The number of nitrogens with two attached hydrogens (primary N) is 1. The Labute approximate surface area is 125 Å². The van der Waals surface area contributed by atoms with Crippen LogP contribution < -0.4 is 5.73 Å². The van der Waals surface area contributed by atoms with E-state index in [4.69, 9.17) is 5.73 Å². The Morgan fingerprint density at radius 3 is 2.00 bits per heavy atom. The Kier molecular flexibility index (Phi) is 4.63. The smallest absolute Gasteiger partial charge is 0.311 e. The summed E-state index contributed by atoms with van der Waals surface area (Å²) < 4.78 is 0. The molecule has 3 N–H and O–H groups in total. The molecule has 0 spiro atoms. The van der Waals surface area contributed by atoms with Gasteiger partial charge < -0.3 is 10.8 Å². The number of hydrogen-bond acceptors (Lipinski definition) is 2. The van der Waals surface area contributed by atoms with Gasteiger partial charge in [0.25, 0.3) is 0 Å². The molecule has 0 radical (unpaired) electrons. The van der Waals surface area contributed by atoms with E-state index < -0.39 is 11.9 Å². The zero-order chi connectivity index (χ0) is 15.4. The van der Waals surface area contributed by atoms with E-state index in [1.54, 1.807) is 24.3 Å². The van der Waals surface area contributed by atoms with Gasteiger partial charge >= 0.3 is 5.97 Å². The van der Waals surface area contributed by atoms with Crippen molar-refractivity contribution in [3.63, 3.8) is 0 Å². The maximum atomic E-state index is 11.5. The van der Waals surface area contributed by atoms with E-state index in [1.165, 1.54) is 5.56 Å². The minimum atomic E-state index is -0.812. The summed E-state index contributed by atoms with van der Waals surface area (Å²) in [5.74, 6) is -0.880. The van der Waals surface area contributed by atoms with Gasteiger partial charge in [0.1, 0.15) is 0 Å². The van der Waals surface area contributed by atoms with E-state index in [-0.39, 0.29) is 0 Å². The SMILES string of the molecule is CC(C)c1ccc(CC(C(=O)O)c2ccc(N)cc2)cc1. The molecule has 0 aliphatic heterocycles. The van der Waals surface area contributed by atoms with Crippen molar-refractivity contribution >= 4 is 11.7 Å². The van der Waals surface area contributed by atoms with Crippen LogP contribution in [0.4, 0.5) is 5.69 Å². The number of benzene rings is 2. The fraction of sp³-hybridized carbons (Fsp3) is 0.278. The molecule has 2 aromatic carbocycles. The number of nitrogen functional groups attached to an aromatic ring is 1. The van der Waals surface area contributed by atoms with Crippen molar-refractivity contribution in [3.8, 4) is 0 Å². The molecule has 21 heavy (non-hydrogen) atoms. The second-order valence-electron chi connectivity index (χ2n) is 5.66. The molecule has 0 aromatic heterocycles. The summed E-state index contributed by atoms with van der Waals surface area (Å²) >= 11 is 0. The number of aliphatic carboxylic acids is 1. The predicted octanol–water partition coefficient (Wildman–Crippen LogP) is 3.80. The molecular weight excluding hydrogens is 262 g/mol. The third kappa shape index (κ3) is 3.85. The minimum Gasteiger partial charge on any atom is -0.481 e. The van der Waals surface area contributed by atoms with Gasteiger partial charge in [-0.05, 0) is 41.2 Å². The highest BCUT2D eigenvalue weighted by Gasteiger charge is 2.20. The zero-order valence-electron chi connectivity index (χ0n) is 12.4. The highest BCUT2D eigenvalue weighted by molar-refractivity contribution is 5.76. The molecule has 0 saturated heterocycles. The number of rotatable bonds is 5. The molecule has 0 heterocycles. The van der Waals surface area contributed by atoms with Crippen LogP contribution in [-0.2, 0) is 11.2 Å². The van der Waals surface area contributed by atoms with Gasteiger partial charge in [-0.25, -0.2) is 0 Å². The minimum absolute atomic E-state index is 0.478. The summed E-state index contributed by atoms with van der Waals surface area (Å²) in [5.41, 5.74) is 9.37. The number of hydrogen-bond donors (Lipinski definition) is 2. The number of carbonyl (C=O) groups is 1. The van der Waals surface area contributed by atoms with Crippen molar-refractivity contribution < 1.29 is 9.90 Å². The van der Waals surface area contributed by atoms with E-state index in [9.17, 15) is 9.90 Å². The van der Waals surface area contributed by atoms with Crippen molar-refractivity contribution in [1.29, 1.82) is 0 Å². The lowest BCUT2D eigenvalue weighted by molar-refractivity contribution is -0.138. The summed E-state index contributed by atoms with van der Waals surface area (Å²) in [6.45, 7) is 4.28. The molecule has 0 aliphatic carbocycles. The normalized spacial score (nSPS) is 12.3. The Bertz CT molecular complexity index is 600. The molecule has 1 atom stereocenters. The van der Waals surface area contributed by atoms with Crippen LogP contribution >= 0.6 is 0 Å². The number of carboxylic acid groups (broad SMARTS) is 1. The third-order valence-electron chi connectivity index (χ3n) is 3.72. The molecule has 2 rings (SSSR count). The first kappa shape index (κ1) is 15.1. The largest absolute Gasteiger partial charge is 0.481 e. The topological polar surface area (TPSA) is 63.3 Å². The summed E-state index contributed by atoms with van der Waals surface area (Å²) in [6.07, 6.45) is 0.484. The lowest BCUT2D eigenvalue weighted by Crippen LogP contribution is -2.14. The molecule has 3 heteroatoms. The van der Waals surface area contributed by atoms with Crippen molar-refractivity contribution in [1.82, 2.24) is 0 Å². The zero-order valence-corrected chi connectivity index (χ0v) is 12.4. The summed E-state index contributed by atoms with van der Waals surface area (Å²) in [7, 11) is 0. The van der Waals surface area contributed by atoms with Crippen molar-refractivity contribution in [2.75, 3.05) is 5.73 Å². The van der Waals surface area contributed by atoms with Crippen LogP contribution in [0.2, 0.25) is 0 Å². The van der Waals surface area contributed by atoms with Gasteiger partial charge in [0.2, 0.25) is 0 Å². The van der Waals surface area contributed by atoms with E-state index in [0.717, 1.165) is 11.1 Å². The maximum absolute atomic E-state index is 11.5. The molecule has 1 unspecified atom stereocenters. The molecule has 0 bridgehead atoms. The Hall–Kier alpha value is -2.29. The van der Waals surface area contributed by atoms with E-state index in [2.05, 4.69) is 26.0 Å². The second-order valence-corrected chi connectivity index (χ2v) is 5.66. The quantitative estimate of drug-likeness (QED) is 0.820. The third-order valence-corrected chi connectivity index (χ3v) is 3.72. The first-order valence-electron chi connectivity index (χ1n) is 7.14. The molecule has 2 aromatic rings. The van der Waals surface area contributed by atoms with Gasteiger partial charge in [0.05, 0.1) is 5.92 Å². The van der Waals surface area contributed by atoms with Crippen LogP contribution in [0, 0.1) is 0 Å². The van der Waals surface area contributed by atoms with E-state index in [1.807, 2.05) is 12.1 Å². The molecule has 0 aliphatic rings. The number of carboxylic acids is 1. The highest BCUT2D eigenvalue weighted by Crippen LogP contribution is 2.23. The number of anilines is 1. The van der Waals surface area contributed by atoms with Gasteiger partial charge in [0.15, 0.2) is 0 Å². The summed E-state index contributed by atoms with van der Waals surface area (Å²) in [6, 6.07) is 15.2. The fourth-order valence-electron chi connectivity index (χ4n) is 2.35. The average Bonchev–Trinajstić information content (AvgIpc) is 2.46. The first-order valence-corrected chi connectivity index (χ1v) is 7.14. The van der Waals surface area contributed by atoms with Crippen LogP contribution in [0.3, 0.4) is 0 Å². The Morgan fingerprint density at radius 1 is 1.00 bits per heavy atom. The molecule has 3 nitrogen and oxygen atoms in total. The predicted molar refractivity (Wildman–Crippen MR) is 85.5 cm³/mol. The van der Waals surface area contributed by atoms with Crippen molar-refractivity contribution in [2.45, 2.75) is 32.1 Å². The molecule has 110 valence electrons. The molecule has 0 fully saturated rings. The fourth-order valence-corrected chi connectivity index (χ4v) is 2.35. The lowest BCUT2D eigenvalue weighted by atomic mass is 9.91. The maximum Gasteiger partial charge on any atom is 0.311 e. The van der Waals surface area contributed by atoms with Gasteiger partial charge in [-0.15, -0.1) is 0 Å². The standard InChI is InChI=1S/C18H21NO2/c1-12(2)14-5-3-13(4-6-14)11-17(18(20)21)15-7-9-16(19)10-8-15/h3-10,12,17H,11,19H2,1-2H3,(H,20,21). The van der Waals surface area contributed by atoms with Gasteiger partial charge in [-0.1, -0.05) is 50.2 Å².